The van der Waals surface area contributed by atoms with Crippen LogP contribution in [0.2, 0.25) is 0 Å². The molecule has 0 saturated carbocycles. The lowest BCUT2D eigenvalue weighted by atomic mass is 9.76. The number of hydrogen-bond acceptors (Lipinski definition) is 3. The molecule has 0 aromatic heterocycles. The van der Waals surface area contributed by atoms with Crippen LogP contribution in [0.25, 0.3) is 0 Å². The molecule has 1 heterocycles. The average Bonchev–Trinajstić information content (AvgIpc) is 3.10. The minimum absolute atomic E-state index is 0.119. The Morgan fingerprint density at radius 1 is 1.17 bits per heavy atom. The van der Waals surface area contributed by atoms with Crippen LogP contribution in [0, 0.1) is 5.92 Å². The topological polar surface area (TPSA) is 38.3 Å². The number of Topliss-reactive ketones (excluding diaryl/α,β-unsaturated/α-hetero) is 1. The average molecular weight is 319 g/mol. The highest BCUT2D eigenvalue weighted by atomic mass is 16.5. The maximum absolute atomic E-state index is 11.7. The van der Waals surface area contributed by atoms with Gasteiger partial charge in [0.25, 0.3) is 0 Å². The monoisotopic (exact) mass is 319 g/mol. The second-order valence-electron chi connectivity index (χ2n) is 6.61. The van der Waals surface area contributed by atoms with Gasteiger partial charge in [-0.05, 0) is 60.7 Å². The van der Waals surface area contributed by atoms with Gasteiger partial charge in [-0.3, -0.25) is 4.79 Å². The van der Waals surface area contributed by atoms with Gasteiger partial charge in [0.15, 0.2) is 5.78 Å². The normalized spacial score (nSPS) is 24.0. The zero-order chi connectivity index (χ0) is 16.7. The van der Waals surface area contributed by atoms with Crippen LogP contribution in [-0.4, -0.2) is 12.9 Å². The molecule has 1 aliphatic heterocycles. The molecule has 3 heteroatoms. The van der Waals surface area contributed by atoms with Crippen LogP contribution in [0.5, 0.6) is 5.75 Å². The molecule has 0 radical (unpaired) electrons. The Labute approximate surface area is 142 Å². The fourth-order valence-corrected chi connectivity index (χ4v) is 3.95. The zero-order valence-corrected chi connectivity index (χ0v) is 14.0. The van der Waals surface area contributed by atoms with Crippen LogP contribution in [0.3, 0.4) is 0 Å². The van der Waals surface area contributed by atoms with Crippen molar-refractivity contribution in [1.82, 2.24) is 0 Å². The van der Waals surface area contributed by atoms with Crippen molar-refractivity contribution in [3.05, 3.63) is 71.3 Å². The maximum Gasteiger partial charge on any atom is 0.159 e. The van der Waals surface area contributed by atoms with Gasteiger partial charge in [0.05, 0.1) is 13.2 Å². The highest BCUT2D eigenvalue weighted by Gasteiger charge is 2.37. The molecule has 24 heavy (non-hydrogen) atoms. The van der Waals surface area contributed by atoms with E-state index in [1.165, 1.54) is 11.1 Å². The van der Waals surface area contributed by atoms with E-state index in [0.29, 0.717) is 11.8 Å². The highest BCUT2D eigenvalue weighted by Crippen LogP contribution is 2.50. The van der Waals surface area contributed by atoms with Crippen molar-refractivity contribution in [1.29, 1.82) is 0 Å². The first-order valence-electron chi connectivity index (χ1n) is 8.39. The van der Waals surface area contributed by atoms with Gasteiger partial charge in [-0.25, -0.2) is 0 Å². The van der Waals surface area contributed by atoms with Crippen LogP contribution < -0.4 is 10.1 Å². The number of rotatable bonds is 3. The summed E-state index contributed by atoms with van der Waals surface area (Å²) in [4.78, 5) is 11.7. The quantitative estimate of drug-likeness (QED) is 0.657. The van der Waals surface area contributed by atoms with Gasteiger partial charge in [-0.1, -0.05) is 24.3 Å². The number of hydrogen-bond donors (Lipinski definition) is 1. The number of methoxy groups -OCH3 is 1. The summed E-state index contributed by atoms with van der Waals surface area (Å²) in [6.45, 7) is 1.63. The molecule has 2 aromatic rings. The second-order valence-corrected chi connectivity index (χ2v) is 6.61. The van der Waals surface area contributed by atoms with Gasteiger partial charge in [-0.2, -0.15) is 0 Å². The lowest BCUT2D eigenvalue weighted by Gasteiger charge is -2.37. The Morgan fingerprint density at radius 2 is 1.96 bits per heavy atom. The molecule has 0 spiro atoms. The summed E-state index contributed by atoms with van der Waals surface area (Å²) in [5.74, 6) is 1.84. The molecule has 2 aliphatic rings. The molecular formula is C21H21NO2. The van der Waals surface area contributed by atoms with E-state index in [9.17, 15) is 4.79 Å². The lowest BCUT2D eigenvalue weighted by molar-refractivity contribution is 0.101. The first kappa shape index (κ1) is 15.0. The van der Waals surface area contributed by atoms with E-state index < -0.39 is 0 Å². The van der Waals surface area contributed by atoms with Crippen molar-refractivity contribution in [3.8, 4) is 5.75 Å². The minimum Gasteiger partial charge on any atom is -0.497 e. The first-order valence-corrected chi connectivity index (χ1v) is 8.39. The molecular weight excluding hydrogens is 298 g/mol. The second kappa shape index (κ2) is 5.82. The number of benzene rings is 2. The summed E-state index contributed by atoms with van der Waals surface area (Å²) < 4.78 is 5.27. The molecule has 0 saturated heterocycles. The number of carbonyl (C=O) groups excluding carboxylic acids is 1. The third-order valence-corrected chi connectivity index (χ3v) is 5.24. The molecule has 3 nitrogen and oxygen atoms in total. The van der Waals surface area contributed by atoms with E-state index in [4.69, 9.17) is 4.74 Å². The molecule has 0 bridgehead atoms. The van der Waals surface area contributed by atoms with Crippen LogP contribution in [0.1, 0.15) is 46.8 Å². The molecule has 4 rings (SSSR count). The van der Waals surface area contributed by atoms with Crippen molar-refractivity contribution in [3.63, 3.8) is 0 Å². The molecule has 0 fully saturated rings. The van der Waals surface area contributed by atoms with E-state index in [1.54, 1.807) is 14.0 Å². The first-order chi connectivity index (χ1) is 11.7. The number of anilines is 1. The van der Waals surface area contributed by atoms with Crippen LogP contribution >= 0.6 is 0 Å². The van der Waals surface area contributed by atoms with Crippen molar-refractivity contribution < 1.29 is 9.53 Å². The standard InChI is InChI=1S/C21H21NO2/c1-13(23)15-8-11-20-19(12-15)17-4-3-5-18(17)21(22-20)14-6-9-16(24-2)10-7-14/h3-4,6-12,17-18,21-22H,5H2,1-2H3. The Hall–Kier alpha value is -2.55. The smallest absolute Gasteiger partial charge is 0.159 e. The Kier molecular flexibility index (Phi) is 3.64. The third kappa shape index (κ3) is 2.41. The molecule has 2 aromatic carbocycles. The molecule has 3 atom stereocenters. The largest absolute Gasteiger partial charge is 0.497 e. The van der Waals surface area contributed by atoms with Crippen LogP contribution in [0.15, 0.2) is 54.6 Å². The fraction of sp³-hybridized carbons (Fsp3) is 0.286. The summed E-state index contributed by atoms with van der Waals surface area (Å²) >= 11 is 0. The third-order valence-electron chi connectivity index (χ3n) is 5.24. The number of nitrogens with one attached hydrogen (secondary N) is 1. The number of fused-ring (bicyclic) bond motifs is 3. The van der Waals surface area contributed by atoms with E-state index >= 15 is 0 Å². The van der Waals surface area contributed by atoms with Gasteiger partial charge >= 0.3 is 0 Å². The van der Waals surface area contributed by atoms with E-state index in [0.717, 1.165) is 23.4 Å². The molecule has 1 N–H and O–H groups in total. The SMILES string of the molecule is COc1ccc(C2Nc3ccc(C(C)=O)cc3C3C=CCC32)cc1. The van der Waals surface area contributed by atoms with Crippen LogP contribution in [-0.2, 0) is 0 Å². The van der Waals surface area contributed by atoms with Gasteiger partial charge in [0.1, 0.15) is 5.75 Å². The summed E-state index contributed by atoms with van der Waals surface area (Å²) in [5, 5.41) is 3.70. The molecule has 122 valence electrons. The number of ether oxygens (including phenoxy) is 1. The summed E-state index contributed by atoms with van der Waals surface area (Å²) in [6, 6.07) is 14.6. The van der Waals surface area contributed by atoms with Crippen molar-refractivity contribution in [2.45, 2.75) is 25.3 Å². The zero-order valence-electron chi connectivity index (χ0n) is 14.0. The van der Waals surface area contributed by atoms with Gasteiger partial charge in [0, 0.05) is 17.2 Å². The lowest BCUT2D eigenvalue weighted by Crippen LogP contribution is -2.29. The predicted molar refractivity (Wildman–Crippen MR) is 95.8 cm³/mol. The van der Waals surface area contributed by atoms with Gasteiger partial charge in [-0.15, -0.1) is 0 Å². The van der Waals surface area contributed by atoms with Crippen LogP contribution in [0.4, 0.5) is 5.69 Å². The summed E-state index contributed by atoms with van der Waals surface area (Å²) in [6.07, 6.45) is 5.62. The van der Waals surface area contributed by atoms with Gasteiger partial charge < -0.3 is 10.1 Å². The molecule has 3 unspecified atom stereocenters. The van der Waals surface area contributed by atoms with Gasteiger partial charge in [0.2, 0.25) is 0 Å². The van der Waals surface area contributed by atoms with Crippen molar-refractivity contribution in [2.75, 3.05) is 12.4 Å². The number of allylic oxidation sites excluding steroid dienone is 2. The Morgan fingerprint density at radius 3 is 2.67 bits per heavy atom. The Balaban J connectivity index is 1.73. The van der Waals surface area contributed by atoms with Crippen molar-refractivity contribution >= 4 is 11.5 Å². The molecule has 0 amide bonds. The summed E-state index contributed by atoms with van der Waals surface area (Å²) in [5.41, 5.74) is 4.44. The number of ketones is 1. The van der Waals surface area contributed by atoms with E-state index in [2.05, 4.69) is 35.7 Å². The minimum atomic E-state index is 0.119. The highest BCUT2D eigenvalue weighted by molar-refractivity contribution is 5.95. The van der Waals surface area contributed by atoms with E-state index in [-0.39, 0.29) is 11.8 Å². The fourth-order valence-electron chi connectivity index (χ4n) is 3.95. The summed E-state index contributed by atoms with van der Waals surface area (Å²) in [7, 11) is 1.69. The maximum atomic E-state index is 11.7. The molecule has 1 aliphatic carbocycles. The van der Waals surface area contributed by atoms with Crippen molar-refractivity contribution in [2.24, 2.45) is 5.92 Å². The number of carbonyl (C=O) groups is 1. The van der Waals surface area contributed by atoms with E-state index in [1.807, 2.05) is 24.3 Å². The Bertz CT molecular complexity index is 807. The predicted octanol–water partition coefficient (Wildman–Crippen LogP) is 4.72.